The summed E-state index contributed by atoms with van der Waals surface area (Å²) in [6.45, 7) is 3.72. The molecule has 5 nitrogen and oxygen atoms in total. The van der Waals surface area contributed by atoms with Gasteiger partial charge in [-0.2, -0.15) is 5.10 Å². The molecule has 1 saturated heterocycles. The van der Waals surface area contributed by atoms with Gasteiger partial charge in [-0.15, -0.1) is 0 Å². The fourth-order valence-electron chi connectivity index (χ4n) is 4.59. The number of para-hydroxylation sites is 1. The maximum absolute atomic E-state index is 13.2. The van der Waals surface area contributed by atoms with Crippen LogP contribution in [0, 0.1) is 0 Å². The molecule has 0 aliphatic carbocycles. The molecule has 6 heteroatoms. The van der Waals surface area contributed by atoms with Gasteiger partial charge in [-0.3, -0.25) is 9.69 Å². The van der Waals surface area contributed by atoms with Crippen molar-refractivity contribution in [2.45, 2.75) is 25.9 Å². The van der Waals surface area contributed by atoms with E-state index in [-0.39, 0.29) is 5.91 Å². The summed E-state index contributed by atoms with van der Waals surface area (Å²) in [6.07, 6.45) is 4.56. The number of aromatic nitrogens is 2. The number of carbonyl (C=O) groups is 1. The van der Waals surface area contributed by atoms with Gasteiger partial charge in [0.1, 0.15) is 0 Å². The molecule has 2 heterocycles. The number of likely N-dealkylation sites (tertiary alicyclic amines) is 1. The SMILES string of the molecule is CN(Cc1cn(-c2ccccc2)nc1-c1ccc(Cl)cc1)C(=O)c1ccc(CN2CCCC2)cc1. The number of benzene rings is 3. The molecule has 1 aromatic heterocycles. The van der Waals surface area contributed by atoms with Crippen molar-refractivity contribution < 1.29 is 4.79 Å². The van der Waals surface area contributed by atoms with Crippen molar-refractivity contribution in [3.8, 4) is 16.9 Å². The van der Waals surface area contributed by atoms with Crippen LogP contribution in [0.1, 0.15) is 34.3 Å². The van der Waals surface area contributed by atoms with Crippen LogP contribution in [0.5, 0.6) is 0 Å². The van der Waals surface area contributed by atoms with Gasteiger partial charge in [-0.1, -0.05) is 54.1 Å². The van der Waals surface area contributed by atoms with Crippen molar-refractivity contribution in [2.75, 3.05) is 20.1 Å². The molecule has 1 aliphatic rings. The van der Waals surface area contributed by atoms with Crippen LogP contribution in [0.2, 0.25) is 5.02 Å². The van der Waals surface area contributed by atoms with Gasteiger partial charge in [0.2, 0.25) is 0 Å². The van der Waals surface area contributed by atoms with Crippen LogP contribution < -0.4 is 0 Å². The molecule has 0 unspecified atom stereocenters. The molecule has 0 bridgehead atoms. The Hall–Kier alpha value is -3.41. The number of amides is 1. The van der Waals surface area contributed by atoms with Gasteiger partial charge in [0.15, 0.2) is 0 Å². The largest absolute Gasteiger partial charge is 0.337 e. The minimum atomic E-state index is -0.00719. The molecule has 0 spiro atoms. The van der Waals surface area contributed by atoms with Crippen LogP contribution in [-0.2, 0) is 13.1 Å². The fraction of sp³-hybridized carbons (Fsp3) is 0.241. The first-order chi connectivity index (χ1) is 17.1. The van der Waals surface area contributed by atoms with Gasteiger partial charge in [-0.05, 0) is 67.9 Å². The van der Waals surface area contributed by atoms with E-state index in [4.69, 9.17) is 16.7 Å². The quantitative estimate of drug-likeness (QED) is 0.320. The Morgan fingerprint density at radius 1 is 0.943 bits per heavy atom. The molecule has 0 saturated carbocycles. The van der Waals surface area contributed by atoms with Gasteiger partial charge in [0.25, 0.3) is 5.91 Å². The molecular weight excluding hydrogens is 456 g/mol. The van der Waals surface area contributed by atoms with Crippen molar-refractivity contribution in [1.29, 1.82) is 0 Å². The third-order valence-corrected chi connectivity index (χ3v) is 6.74. The first-order valence-corrected chi connectivity index (χ1v) is 12.4. The van der Waals surface area contributed by atoms with E-state index in [2.05, 4.69) is 17.0 Å². The first-order valence-electron chi connectivity index (χ1n) is 12.0. The van der Waals surface area contributed by atoms with E-state index in [1.165, 1.54) is 18.4 Å². The number of nitrogens with zero attached hydrogens (tertiary/aromatic N) is 4. The van der Waals surface area contributed by atoms with Gasteiger partial charge >= 0.3 is 0 Å². The summed E-state index contributed by atoms with van der Waals surface area (Å²) in [5.74, 6) is -0.00719. The smallest absolute Gasteiger partial charge is 0.253 e. The molecule has 5 rings (SSSR count). The summed E-state index contributed by atoms with van der Waals surface area (Å²) in [5.41, 5.74) is 5.69. The Bertz CT molecular complexity index is 1280. The highest BCUT2D eigenvalue weighted by Gasteiger charge is 2.18. The predicted octanol–water partition coefficient (Wildman–Crippen LogP) is 6.06. The van der Waals surface area contributed by atoms with Gasteiger partial charge in [0, 0.05) is 48.0 Å². The average molecular weight is 485 g/mol. The van der Waals surface area contributed by atoms with Crippen LogP contribution in [0.4, 0.5) is 0 Å². The molecule has 0 radical (unpaired) electrons. The molecular formula is C29H29ClN4O. The Morgan fingerprint density at radius 2 is 1.63 bits per heavy atom. The standard InChI is InChI=1S/C29H29ClN4O/c1-32(29(35)24-11-9-22(10-12-24)19-33-17-5-6-18-33)20-25-21-34(27-7-3-2-4-8-27)31-28(25)23-13-15-26(30)16-14-23/h2-4,7-16,21H,5-6,17-20H2,1H3. The van der Waals surface area contributed by atoms with Gasteiger partial charge < -0.3 is 4.90 Å². The molecule has 0 atom stereocenters. The summed E-state index contributed by atoms with van der Waals surface area (Å²) >= 11 is 6.11. The van der Waals surface area contributed by atoms with E-state index in [1.54, 1.807) is 4.90 Å². The number of rotatable bonds is 7. The molecule has 1 amide bonds. The summed E-state index contributed by atoms with van der Waals surface area (Å²) in [5, 5.41) is 5.54. The average Bonchev–Trinajstić information content (AvgIpc) is 3.55. The summed E-state index contributed by atoms with van der Waals surface area (Å²) in [6, 6.07) is 25.7. The van der Waals surface area contributed by atoms with Gasteiger partial charge in [0.05, 0.1) is 11.4 Å². The van der Waals surface area contributed by atoms with E-state index in [0.29, 0.717) is 17.1 Å². The second-order valence-electron chi connectivity index (χ2n) is 9.13. The maximum atomic E-state index is 13.2. The lowest BCUT2D eigenvalue weighted by Gasteiger charge is -2.18. The molecule has 1 fully saturated rings. The number of hydrogen-bond acceptors (Lipinski definition) is 3. The Balaban J connectivity index is 1.36. The van der Waals surface area contributed by atoms with Crippen LogP contribution in [0.25, 0.3) is 16.9 Å². The predicted molar refractivity (Wildman–Crippen MR) is 141 cm³/mol. The van der Waals surface area contributed by atoms with Gasteiger partial charge in [-0.25, -0.2) is 4.68 Å². The van der Waals surface area contributed by atoms with E-state index in [1.807, 2.05) is 84.7 Å². The van der Waals surface area contributed by atoms with Crippen molar-refractivity contribution in [3.63, 3.8) is 0 Å². The molecule has 1 aliphatic heterocycles. The lowest BCUT2D eigenvalue weighted by Crippen LogP contribution is -2.26. The highest BCUT2D eigenvalue weighted by Crippen LogP contribution is 2.26. The molecule has 3 aromatic carbocycles. The minimum absolute atomic E-state index is 0.00719. The second-order valence-corrected chi connectivity index (χ2v) is 9.57. The first kappa shape index (κ1) is 23.3. The van der Waals surface area contributed by atoms with Crippen molar-refractivity contribution in [1.82, 2.24) is 19.6 Å². The Morgan fingerprint density at radius 3 is 2.31 bits per heavy atom. The number of halogens is 1. The third kappa shape index (κ3) is 5.47. The number of carbonyl (C=O) groups excluding carboxylic acids is 1. The summed E-state index contributed by atoms with van der Waals surface area (Å²) in [7, 11) is 1.84. The molecule has 178 valence electrons. The van der Waals surface area contributed by atoms with Crippen LogP contribution >= 0.6 is 11.6 Å². The fourth-order valence-corrected chi connectivity index (χ4v) is 4.71. The van der Waals surface area contributed by atoms with E-state index in [0.717, 1.165) is 42.1 Å². The third-order valence-electron chi connectivity index (χ3n) is 6.49. The lowest BCUT2D eigenvalue weighted by atomic mass is 10.1. The van der Waals surface area contributed by atoms with Crippen LogP contribution in [-0.4, -0.2) is 45.6 Å². The van der Waals surface area contributed by atoms with E-state index < -0.39 is 0 Å². The molecule has 0 N–H and O–H groups in total. The van der Waals surface area contributed by atoms with Crippen LogP contribution in [0.15, 0.2) is 85.1 Å². The highest BCUT2D eigenvalue weighted by molar-refractivity contribution is 6.30. The normalized spacial score (nSPS) is 13.8. The maximum Gasteiger partial charge on any atom is 0.253 e. The van der Waals surface area contributed by atoms with Crippen molar-refractivity contribution in [3.05, 3.63) is 107 Å². The zero-order valence-electron chi connectivity index (χ0n) is 19.9. The van der Waals surface area contributed by atoms with E-state index >= 15 is 0 Å². The monoisotopic (exact) mass is 484 g/mol. The highest BCUT2D eigenvalue weighted by atomic mass is 35.5. The Labute approximate surface area is 211 Å². The zero-order chi connectivity index (χ0) is 24.2. The molecule has 35 heavy (non-hydrogen) atoms. The summed E-state index contributed by atoms with van der Waals surface area (Å²) in [4.78, 5) is 17.5. The Kier molecular flexibility index (Phi) is 6.98. The minimum Gasteiger partial charge on any atom is -0.337 e. The van der Waals surface area contributed by atoms with Crippen molar-refractivity contribution >= 4 is 17.5 Å². The zero-order valence-corrected chi connectivity index (χ0v) is 20.7. The number of hydrogen-bond donors (Lipinski definition) is 0. The van der Waals surface area contributed by atoms with Crippen LogP contribution in [0.3, 0.4) is 0 Å². The topological polar surface area (TPSA) is 41.4 Å². The second kappa shape index (κ2) is 10.5. The lowest BCUT2D eigenvalue weighted by molar-refractivity contribution is 0.0785. The molecule has 4 aromatic rings. The van der Waals surface area contributed by atoms with Crippen molar-refractivity contribution in [2.24, 2.45) is 0 Å². The summed E-state index contributed by atoms with van der Waals surface area (Å²) < 4.78 is 1.87. The van der Waals surface area contributed by atoms with E-state index in [9.17, 15) is 4.79 Å².